The quantitative estimate of drug-likeness (QED) is 0.863. The fraction of sp³-hybridized carbons (Fsp3) is 0.895. The van der Waals surface area contributed by atoms with Crippen LogP contribution in [0.5, 0.6) is 0 Å². The molecule has 5 heteroatoms. The van der Waals surface area contributed by atoms with Gasteiger partial charge < -0.3 is 15.0 Å². The Hall–Kier alpha value is -1.26. The van der Waals surface area contributed by atoms with E-state index in [1.54, 1.807) is 4.90 Å². The van der Waals surface area contributed by atoms with Crippen LogP contribution in [0.3, 0.4) is 0 Å². The lowest BCUT2D eigenvalue weighted by Crippen LogP contribution is -2.48. The normalized spacial score (nSPS) is 38.2. The highest BCUT2D eigenvalue weighted by Crippen LogP contribution is 2.58. The molecular weight excluding hydrogens is 304 g/mol. The molecule has 4 fully saturated rings. The third kappa shape index (κ3) is 2.80. The summed E-state index contributed by atoms with van der Waals surface area (Å²) in [5.74, 6) is 3.76. The van der Waals surface area contributed by atoms with E-state index in [1.165, 1.54) is 32.1 Å². The number of amides is 2. The first-order valence-corrected chi connectivity index (χ1v) is 9.89. The maximum atomic E-state index is 12.7. The van der Waals surface area contributed by atoms with Gasteiger partial charge in [0.15, 0.2) is 0 Å². The molecule has 24 heavy (non-hydrogen) atoms. The van der Waals surface area contributed by atoms with Gasteiger partial charge >= 0.3 is 6.09 Å². The van der Waals surface area contributed by atoms with Gasteiger partial charge in [-0.25, -0.2) is 4.79 Å². The number of carbonyl (C=O) groups is 2. The summed E-state index contributed by atoms with van der Waals surface area (Å²) in [6, 6.07) is 0.421. The number of piperidine rings is 1. The molecule has 0 aromatic rings. The monoisotopic (exact) mass is 334 g/mol. The number of rotatable bonds is 3. The molecule has 1 N–H and O–H groups in total. The molecule has 0 radical (unpaired) electrons. The van der Waals surface area contributed by atoms with Gasteiger partial charge in [-0.2, -0.15) is 0 Å². The van der Waals surface area contributed by atoms with Gasteiger partial charge in [0.25, 0.3) is 0 Å². The second kappa shape index (κ2) is 6.57. The third-order valence-electron chi connectivity index (χ3n) is 7.15. The van der Waals surface area contributed by atoms with Crippen molar-refractivity contribution >= 4 is 12.0 Å². The lowest BCUT2D eigenvalue weighted by atomic mass is 9.79. The minimum atomic E-state index is -0.239. The molecule has 2 amide bonds. The minimum absolute atomic E-state index is 0.0641. The van der Waals surface area contributed by atoms with E-state index in [1.807, 2.05) is 6.92 Å². The standard InChI is InChI=1S/C19H30N2O3/c1-2-24-19(23)21-8-6-12(7-9-21)18(22)20-17-11-13-10-16(17)15-5-3-4-14(13)15/h12-17H,2-11H2,1H3,(H,20,22). The summed E-state index contributed by atoms with van der Waals surface area (Å²) in [5.41, 5.74) is 0. The Morgan fingerprint density at radius 3 is 2.54 bits per heavy atom. The molecule has 1 saturated heterocycles. The molecule has 0 aromatic carbocycles. The maximum Gasteiger partial charge on any atom is 0.409 e. The Kier molecular flexibility index (Phi) is 4.44. The van der Waals surface area contributed by atoms with Crippen molar-refractivity contribution in [2.75, 3.05) is 19.7 Å². The summed E-state index contributed by atoms with van der Waals surface area (Å²) >= 11 is 0. The van der Waals surface area contributed by atoms with Gasteiger partial charge in [-0.1, -0.05) is 6.42 Å². The molecule has 3 aliphatic carbocycles. The third-order valence-corrected chi connectivity index (χ3v) is 7.15. The first kappa shape index (κ1) is 16.2. The lowest BCUT2D eigenvalue weighted by Gasteiger charge is -2.35. The van der Waals surface area contributed by atoms with Gasteiger partial charge in [-0.3, -0.25) is 4.79 Å². The van der Waals surface area contributed by atoms with Crippen molar-refractivity contribution in [2.45, 2.75) is 57.9 Å². The highest BCUT2D eigenvalue weighted by Gasteiger charge is 2.54. The van der Waals surface area contributed by atoms with Crippen molar-refractivity contribution in [3.63, 3.8) is 0 Å². The predicted molar refractivity (Wildman–Crippen MR) is 90.3 cm³/mol. The van der Waals surface area contributed by atoms with Crippen molar-refractivity contribution in [2.24, 2.45) is 29.6 Å². The molecule has 134 valence electrons. The topological polar surface area (TPSA) is 58.6 Å². The van der Waals surface area contributed by atoms with Crippen molar-refractivity contribution < 1.29 is 14.3 Å². The number of likely N-dealkylation sites (tertiary alicyclic amines) is 1. The van der Waals surface area contributed by atoms with Crippen molar-refractivity contribution in [3.8, 4) is 0 Å². The fourth-order valence-electron chi connectivity index (χ4n) is 6.07. The summed E-state index contributed by atoms with van der Waals surface area (Å²) in [6.45, 7) is 3.50. The molecule has 5 nitrogen and oxygen atoms in total. The van der Waals surface area contributed by atoms with Gasteiger partial charge in [-0.15, -0.1) is 0 Å². The number of nitrogens with zero attached hydrogens (tertiary/aromatic N) is 1. The molecule has 4 aliphatic rings. The first-order chi connectivity index (χ1) is 11.7. The van der Waals surface area contributed by atoms with E-state index < -0.39 is 0 Å². The van der Waals surface area contributed by atoms with E-state index in [4.69, 9.17) is 4.74 Å². The summed E-state index contributed by atoms with van der Waals surface area (Å²) in [5, 5.41) is 3.39. The number of ether oxygens (including phenoxy) is 1. The second-order valence-electron chi connectivity index (χ2n) is 8.23. The number of carbonyl (C=O) groups excluding carboxylic acids is 2. The van der Waals surface area contributed by atoms with E-state index in [0.717, 1.165) is 36.5 Å². The van der Waals surface area contributed by atoms with Crippen LogP contribution in [0.2, 0.25) is 0 Å². The SMILES string of the molecule is CCOC(=O)N1CCC(C(=O)NC2CC3CC2C2CCCC32)CC1. The predicted octanol–water partition coefficient (Wildman–Crippen LogP) is 2.80. The van der Waals surface area contributed by atoms with Gasteiger partial charge in [0.05, 0.1) is 6.61 Å². The Labute approximate surface area is 144 Å². The number of hydrogen-bond acceptors (Lipinski definition) is 3. The van der Waals surface area contributed by atoms with Crippen LogP contribution in [0.25, 0.3) is 0 Å². The summed E-state index contributed by atoms with van der Waals surface area (Å²) in [7, 11) is 0. The van der Waals surface area contributed by atoms with E-state index in [-0.39, 0.29) is 17.9 Å². The van der Waals surface area contributed by atoms with Crippen molar-refractivity contribution in [3.05, 3.63) is 0 Å². The number of fused-ring (bicyclic) bond motifs is 5. The summed E-state index contributed by atoms with van der Waals surface area (Å²) in [4.78, 5) is 26.2. The minimum Gasteiger partial charge on any atom is -0.450 e. The van der Waals surface area contributed by atoms with Crippen molar-refractivity contribution in [1.29, 1.82) is 0 Å². The average Bonchev–Trinajstić information content (AvgIpc) is 3.28. The fourth-order valence-corrected chi connectivity index (χ4v) is 6.07. The molecule has 0 spiro atoms. The van der Waals surface area contributed by atoms with E-state index >= 15 is 0 Å². The maximum absolute atomic E-state index is 12.7. The molecule has 2 bridgehead atoms. The van der Waals surface area contributed by atoms with Crippen LogP contribution in [0, 0.1) is 29.6 Å². The molecule has 4 rings (SSSR count). The largest absolute Gasteiger partial charge is 0.450 e. The number of nitrogens with one attached hydrogen (secondary N) is 1. The molecule has 0 aromatic heterocycles. The number of hydrogen-bond donors (Lipinski definition) is 1. The lowest BCUT2D eigenvalue weighted by molar-refractivity contribution is -0.127. The molecule has 1 heterocycles. The van der Waals surface area contributed by atoms with Crippen LogP contribution in [0.4, 0.5) is 4.79 Å². The highest BCUT2D eigenvalue weighted by atomic mass is 16.6. The zero-order chi connectivity index (χ0) is 16.7. The molecule has 1 aliphatic heterocycles. The zero-order valence-corrected chi connectivity index (χ0v) is 14.7. The average molecular weight is 334 g/mol. The zero-order valence-electron chi connectivity index (χ0n) is 14.7. The van der Waals surface area contributed by atoms with Gasteiger partial charge in [0, 0.05) is 25.0 Å². The van der Waals surface area contributed by atoms with E-state index in [9.17, 15) is 9.59 Å². The second-order valence-corrected chi connectivity index (χ2v) is 8.23. The Balaban J connectivity index is 1.27. The van der Waals surface area contributed by atoms with Crippen LogP contribution in [-0.2, 0) is 9.53 Å². The van der Waals surface area contributed by atoms with Crippen LogP contribution in [0.15, 0.2) is 0 Å². The van der Waals surface area contributed by atoms with Gasteiger partial charge in [0.1, 0.15) is 0 Å². The Morgan fingerprint density at radius 1 is 1.04 bits per heavy atom. The summed E-state index contributed by atoms with van der Waals surface area (Å²) < 4.78 is 5.04. The van der Waals surface area contributed by atoms with Crippen molar-refractivity contribution in [1.82, 2.24) is 10.2 Å². The first-order valence-electron chi connectivity index (χ1n) is 9.89. The highest BCUT2D eigenvalue weighted by molar-refractivity contribution is 5.79. The molecular formula is C19H30N2O3. The van der Waals surface area contributed by atoms with Crippen LogP contribution < -0.4 is 5.32 Å². The Morgan fingerprint density at radius 2 is 1.79 bits per heavy atom. The van der Waals surface area contributed by atoms with E-state index in [2.05, 4.69) is 5.32 Å². The Bertz CT molecular complexity index is 501. The van der Waals surface area contributed by atoms with Gasteiger partial charge in [0.2, 0.25) is 5.91 Å². The van der Waals surface area contributed by atoms with E-state index in [0.29, 0.717) is 25.7 Å². The van der Waals surface area contributed by atoms with Crippen LogP contribution in [-0.4, -0.2) is 42.6 Å². The molecule has 3 saturated carbocycles. The smallest absolute Gasteiger partial charge is 0.409 e. The van der Waals surface area contributed by atoms with Crippen LogP contribution in [0.1, 0.15) is 51.9 Å². The van der Waals surface area contributed by atoms with Gasteiger partial charge in [-0.05, 0) is 69.1 Å². The summed E-state index contributed by atoms with van der Waals surface area (Å²) in [6.07, 6.45) is 8.05. The molecule has 5 atom stereocenters. The molecule has 5 unspecified atom stereocenters. The van der Waals surface area contributed by atoms with Crippen LogP contribution >= 0.6 is 0 Å².